The van der Waals surface area contributed by atoms with Crippen LogP contribution in [0.5, 0.6) is 5.75 Å². The first-order chi connectivity index (χ1) is 20.7. The van der Waals surface area contributed by atoms with E-state index in [1.807, 2.05) is 6.92 Å². The van der Waals surface area contributed by atoms with Gasteiger partial charge in [0.1, 0.15) is 23.3 Å². The van der Waals surface area contributed by atoms with Crippen LogP contribution in [-0.2, 0) is 9.53 Å². The maximum absolute atomic E-state index is 14.0. The van der Waals surface area contributed by atoms with Gasteiger partial charge in [-0.25, -0.2) is 9.79 Å². The molecule has 0 aliphatic carbocycles. The molecule has 3 heterocycles. The maximum atomic E-state index is 14.0. The van der Waals surface area contributed by atoms with Gasteiger partial charge in [-0.15, -0.1) is 0 Å². The molecule has 0 radical (unpaired) electrons. The van der Waals surface area contributed by atoms with Crippen molar-refractivity contribution in [1.29, 1.82) is 0 Å². The lowest BCUT2D eigenvalue weighted by atomic mass is 9.93. The van der Waals surface area contributed by atoms with Gasteiger partial charge in [0.2, 0.25) is 0 Å². The largest absolute Gasteiger partial charge is 0.496 e. The number of nitro groups is 1. The van der Waals surface area contributed by atoms with Crippen molar-refractivity contribution in [1.82, 2.24) is 4.57 Å². The summed E-state index contributed by atoms with van der Waals surface area (Å²) in [6.07, 6.45) is 2.76. The molecule has 5 rings (SSSR count). The number of methoxy groups -OCH3 is 1. The van der Waals surface area contributed by atoms with E-state index in [1.165, 1.54) is 29.9 Å². The van der Waals surface area contributed by atoms with Crippen LogP contribution in [-0.4, -0.2) is 29.2 Å². The predicted molar refractivity (Wildman–Crippen MR) is 163 cm³/mol. The number of halogens is 2. The lowest BCUT2D eigenvalue weighted by molar-refractivity contribution is -0.384. The van der Waals surface area contributed by atoms with Crippen LogP contribution in [0.1, 0.15) is 44.1 Å². The zero-order valence-electron chi connectivity index (χ0n) is 23.3. The molecule has 4 aromatic rings. The van der Waals surface area contributed by atoms with E-state index in [0.717, 1.165) is 11.3 Å². The average molecular weight is 643 g/mol. The number of hydrogen-bond donors (Lipinski definition) is 0. The number of hydrogen-bond acceptors (Lipinski definition) is 9. The van der Waals surface area contributed by atoms with E-state index >= 15 is 0 Å². The molecule has 43 heavy (non-hydrogen) atoms. The molecule has 1 aliphatic heterocycles. The second kappa shape index (κ2) is 12.6. The minimum absolute atomic E-state index is 0.142. The van der Waals surface area contributed by atoms with Crippen LogP contribution in [0.15, 0.2) is 74.0 Å². The van der Waals surface area contributed by atoms with Crippen molar-refractivity contribution in [3.05, 3.63) is 111 Å². The van der Waals surface area contributed by atoms with Crippen molar-refractivity contribution in [2.45, 2.75) is 32.7 Å². The fourth-order valence-electron chi connectivity index (χ4n) is 4.86. The molecule has 1 atom stereocenters. The number of furan rings is 1. The molecule has 0 N–H and O–H groups in total. The first kappa shape index (κ1) is 30.3. The van der Waals surface area contributed by atoms with Gasteiger partial charge in [0.05, 0.1) is 39.5 Å². The highest BCUT2D eigenvalue weighted by Gasteiger charge is 2.36. The summed E-state index contributed by atoms with van der Waals surface area (Å²) in [5.41, 5.74) is 1.20. The smallest absolute Gasteiger partial charge is 0.338 e. The highest BCUT2D eigenvalue weighted by Crippen LogP contribution is 2.38. The Morgan fingerprint density at radius 1 is 1.19 bits per heavy atom. The number of carbonyl (C=O) groups is 1. The van der Waals surface area contributed by atoms with Gasteiger partial charge in [-0.05, 0) is 49.7 Å². The summed E-state index contributed by atoms with van der Waals surface area (Å²) in [5, 5.41) is 11.6. The summed E-state index contributed by atoms with van der Waals surface area (Å²) in [6, 6.07) is 11.5. The Balaban J connectivity index is 1.68. The van der Waals surface area contributed by atoms with E-state index in [4.69, 9.17) is 42.1 Å². The lowest BCUT2D eigenvalue weighted by Crippen LogP contribution is -2.40. The minimum atomic E-state index is -0.904. The standard InChI is InChI=1S/C30H25Cl2N3O7S/c1-4-6-22-26(29(37)41-5-2)27(20-13-16(31)7-11-23(20)40-3)34-28(36)25(43-30(34)33-22)15-18-9-12-24(42-18)19-10-8-17(35(38)39)14-21(19)32/h7-15,27H,4-6H2,1-3H3/b25-15+/t27-/m0/s1. The van der Waals surface area contributed by atoms with Crippen molar-refractivity contribution in [2.24, 2.45) is 4.99 Å². The number of fused-ring (bicyclic) bond motifs is 1. The highest BCUT2D eigenvalue weighted by molar-refractivity contribution is 7.07. The van der Waals surface area contributed by atoms with E-state index in [0.29, 0.717) is 61.3 Å². The molecule has 0 fully saturated rings. The molecular weight excluding hydrogens is 617 g/mol. The lowest BCUT2D eigenvalue weighted by Gasteiger charge is -2.27. The first-order valence-electron chi connectivity index (χ1n) is 13.3. The number of thiazole rings is 1. The normalized spacial score (nSPS) is 14.8. The van der Waals surface area contributed by atoms with E-state index < -0.39 is 22.5 Å². The van der Waals surface area contributed by atoms with Crippen LogP contribution in [0.3, 0.4) is 0 Å². The SMILES string of the molecule is CCCC1=C(C(=O)OCC)[C@H](c2cc(Cl)ccc2OC)n2c(s/c(=C/c3ccc(-c4ccc([N+](=O)[O-])cc4Cl)o3)c2=O)=N1. The quantitative estimate of drug-likeness (QED) is 0.123. The third-order valence-corrected chi connectivity index (χ3v) is 8.24. The molecule has 10 nitrogen and oxygen atoms in total. The van der Waals surface area contributed by atoms with Gasteiger partial charge in [0.15, 0.2) is 4.80 Å². The third kappa shape index (κ3) is 5.88. The highest BCUT2D eigenvalue weighted by atomic mass is 35.5. The van der Waals surface area contributed by atoms with Gasteiger partial charge in [0, 0.05) is 34.4 Å². The summed E-state index contributed by atoms with van der Waals surface area (Å²) in [5.74, 6) is 0.589. The fraction of sp³-hybridized carbons (Fsp3) is 0.233. The number of nitrogens with zero attached hydrogens (tertiary/aromatic N) is 3. The Hall–Kier alpha value is -4.19. The van der Waals surface area contributed by atoms with E-state index in [2.05, 4.69) is 0 Å². The van der Waals surface area contributed by atoms with Crippen LogP contribution >= 0.6 is 34.5 Å². The van der Waals surface area contributed by atoms with Crippen LogP contribution in [0, 0.1) is 10.1 Å². The zero-order valence-corrected chi connectivity index (χ0v) is 25.6. The molecule has 0 amide bonds. The molecule has 2 aromatic carbocycles. The Bertz CT molecular complexity index is 1960. The number of ether oxygens (including phenoxy) is 2. The van der Waals surface area contributed by atoms with Crippen molar-refractivity contribution < 1.29 is 23.6 Å². The Morgan fingerprint density at radius 3 is 2.65 bits per heavy atom. The van der Waals surface area contributed by atoms with Crippen molar-refractivity contribution in [2.75, 3.05) is 13.7 Å². The molecule has 0 spiro atoms. The fourth-order valence-corrected chi connectivity index (χ4v) is 6.30. The Morgan fingerprint density at radius 2 is 1.98 bits per heavy atom. The van der Waals surface area contributed by atoms with Gasteiger partial charge in [0.25, 0.3) is 11.2 Å². The molecular formula is C30H25Cl2N3O7S. The zero-order chi connectivity index (χ0) is 30.8. The molecule has 0 saturated carbocycles. The number of aromatic nitrogens is 1. The number of nitro benzene ring substituents is 1. The summed E-state index contributed by atoms with van der Waals surface area (Å²) in [7, 11) is 1.50. The predicted octanol–water partition coefficient (Wildman–Crippen LogP) is 6.06. The number of rotatable bonds is 9. The Kier molecular flexibility index (Phi) is 8.86. The van der Waals surface area contributed by atoms with Gasteiger partial charge < -0.3 is 13.9 Å². The van der Waals surface area contributed by atoms with Crippen LogP contribution in [0.25, 0.3) is 17.4 Å². The van der Waals surface area contributed by atoms with Crippen molar-refractivity contribution >= 4 is 52.3 Å². The molecule has 13 heteroatoms. The molecule has 2 aromatic heterocycles. The minimum Gasteiger partial charge on any atom is -0.496 e. The molecule has 0 bridgehead atoms. The third-order valence-electron chi connectivity index (χ3n) is 6.71. The molecule has 0 unspecified atom stereocenters. The molecule has 222 valence electrons. The summed E-state index contributed by atoms with van der Waals surface area (Å²) < 4.78 is 18.8. The van der Waals surface area contributed by atoms with Gasteiger partial charge in [-0.2, -0.15) is 0 Å². The Labute approximate surface area is 259 Å². The molecule has 0 saturated heterocycles. The van der Waals surface area contributed by atoms with Crippen LogP contribution < -0.4 is 19.6 Å². The monoisotopic (exact) mass is 641 g/mol. The van der Waals surface area contributed by atoms with Crippen molar-refractivity contribution in [3.63, 3.8) is 0 Å². The second-order valence-electron chi connectivity index (χ2n) is 9.42. The van der Waals surface area contributed by atoms with E-state index in [9.17, 15) is 19.7 Å². The second-order valence-corrected chi connectivity index (χ2v) is 11.3. The van der Waals surface area contributed by atoms with Gasteiger partial charge >= 0.3 is 5.97 Å². The summed E-state index contributed by atoms with van der Waals surface area (Å²) >= 11 is 13.8. The summed E-state index contributed by atoms with van der Waals surface area (Å²) in [6.45, 7) is 3.83. The average Bonchev–Trinajstić information content (AvgIpc) is 3.56. The number of benzene rings is 2. The number of esters is 1. The maximum Gasteiger partial charge on any atom is 0.338 e. The van der Waals surface area contributed by atoms with Gasteiger partial charge in [-0.3, -0.25) is 19.5 Å². The van der Waals surface area contributed by atoms with E-state index in [-0.39, 0.29) is 22.9 Å². The van der Waals surface area contributed by atoms with Gasteiger partial charge in [-0.1, -0.05) is 47.9 Å². The van der Waals surface area contributed by atoms with Crippen LogP contribution in [0.4, 0.5) is 5.69 Å². The number of non-ortho nitro benzene ring substituents is 1. The van der Waals surface area contributed by atoms with Crippen LogP contribution in [0.2, 0.25) is 10.0 Å². The molecule has 1 aliphatic rings. The topological polar surface area (TPSA) is 126 Å². The van der Waals surface area contributed by atoms with Crippen molar-refractivity contribution in [3.8, 4) is 17.1 Å². The number of carbonyl (C=O) groups excluding carboxylic acids is 1. The summed E-state index contributed by atoms with van der Waals surface area (Å²) in [4.78, 5) is 43.1. The number of allylic oxidation sites excluding steroid dienone is 1. The van der Waals surface area contributed by atoms with E-state index in [1.54, 1.807) is 43.3 Å². The first-order valence-corrected chi connectivity index (χ1v) is 14.8.